The number of rotatable bonds is 4. The van der Waals surface area contributed by atoms with Crippen molar-refractivity contribution >= 4 is 23.7 Å². The Balaban J connectivity index is 2.29. The molecule has 5 nitrogen and oxygen atoms in total. The van der Waals surface area contributed by atoms with Crippen molar-refractivity contribution in [2.75, 3.05) is 21.3 Å². The molecule has 3 rings (SSSR count). The van der Waals surface area contributed by atoms with Gasteiger partial charge in [-0.1, -0.05) is 17.7 Å². The smallest absolute Gasteiger partial charge is 0.242 e. The van der Waals surface area contributed by atoms with Gasteiger partial charge in [-0.05, 0) is 47.7 Å². The molecule has 0 bridgehead atoms. The maximum atomic E-state index is 11.4. The average molecular weight is 388 g/mol. The highest BCUT2D eigenvalue weighted by Crippen LogP contribution is 2.50. The van der Waals surface area contributed by atoms with Gasteiger partial charge in [0.05, 0.1) is 21.3 Å². The van der Waals surface area contributed by atoms with Gasteiger partial charge in [-0.15, -0.1) is 0 Å². The zero-order chi connectivity index (χ0) is 19.6. The van der Waals surface area contributed by atoms with E-state index in [-0.39, 0.29) is 11.8 Å². The van der Waals surface area contributed by atoms with Crippen LogP contribution in [0.5, 0.6) is 17.2 Å². The van der Waals surface area contributed by atoms with Crippen molar-refractivity contribution in [2.24, 2.45) is 4.99 Å². The number of hydrogen-bond donors (Lipinski definition) is 0. The Bertz CT molecular complexity index is 908. The van der Waals surface area contributed by atoms with Crippen molar-refractivity contribution in [3.8, 4) is 28.4 Å². The van der Waals surface area contributed by atoms with Gasteiger partial charge >= 0.3 is 0 Å². The van der Waals surface area contributed by atoms with Crippen LogP contribution in [0.4, 0.5) is 0 Å². The van der Waals surface area contributed by atoms with E-state index in [1.54, 1.807) is 27.5 Å². The molecule has 0 saturated carbocycles. The number of methoxy groups -OCH3 is 3. The maximum absolute atomic E-state index is 11.4. The first-order chi connectivity index (χ1) is 13.0. The van der Waals surface area contributed by atoms with Gasteiger partial charge in [-0.2, -0.15) is 0 Å². The van der Waals surface area contributed by atoms with Crippen molar-refractivity contribution < 1.29 is 19.0 Å². The van der Waals surface area contributed by atoms with Gasteiger partial charge in [0.15, 0.2) is 11.5 Å². The molecule has 0 radical (unpaired) electrons. The predicted molar refractivity (Wildman–Crippen MR) is 107 cm³/mol. The summed E-state index contributed by atoms with van der Waals surface area (Å²) in [6, 6.07) is 7.74. The third-order valence-electron chi connectivity index (χ3n) is 4.76. The van der Waals surface area contributed by atoms with Gasteiger partial charge in [-0.3, -0.25) is 4.79 Å². The lowest BCUT2D eigenvalue weighted by Gasteiger charge is -2.20. The zero-order valence-electron chi connectivity index (χ0n) is 15.8. The van der Waals surface area contributed by atoms with Crippen molar-refractivity contribution in [3.05, 3.63) is 40.4 Å². The normalized spacial score (nSPS) is 15.7. The molecule has 0 saturated heterocycles. The SMILES string of the molecule is COc1cc2c(c(OC)c1OC)-c1ccc(Cl)cc1C(C=NC(C)=O)CC2. The van der Waals surface area contributed by atoms with E-state index in [0.717, 1.165) is 35.1 Å². The van der Waals surface area contributed by atoms with E-state index in [1.807, 2.05) is 24.3 Å². The molecule has 1 unspecified atom stereocenters. The van der Waals surface area contributed by atoms with E-state index in [2.05, 4.69) is 4.99 Å². The van der Waals surface area contributed by atoms with Crippen molar-refractivity contribution in [1.82, 2.24) is 0 Å². The number of fused-ring (bicyclic) bond motifs is 3. The molecule has 1 amide bonds. The van der Waals surface area contributed by atoms with E-state index in [1.165, 1.54) is 6.92 Å². The van der Waals surface area contributed by atoms with Crippen LogP contribution in [0.15, 0.2) is 29.3 Å². The number of nitrogens with zero attached hydrogens (tertiary/aromatic N) is 1. The lowest BCUT2D eigenvalue weighted by molar-refractivity contribution is -0.115. The molecule has 142 valence electrons. The standard InChI is InChI=1S/C21H22ClNO4/c1-12(24)23-11-14-6-5-13-9-18(25-2)20(26-3)21(27-4)19(13)16-8-7-15(22)10-17(14)16/h7-11,14H,5-6H2,1-4H3. The fourth-order valence-electron chi connectivity index (χ4n) is 3.58. The lowest BCUT2D eigenvalue weighted by atomic mass is 9.91. The minimum atomic E-state index is -0.221. The summed E-state index contributed by atoms with van der Waals surface area (Å²) in [4.78, 5) is 15.4. The molecular weight excluding hydrogens is 366 g/mol. The van der Waals surface area contributed by atoms with Crippen LogP contribution in [0.25, 0.3) is 11.1 Å². The molecular formula is C21H22ClNO4. The number of carbonyl (C=O) groups is 1. The number of ether oxygens (including phenoxy) is 3. The van der Waals surface area contributed by atoms with Crippen molar-refractivity contribution in [2.45, 2.75) is 25.7 Å². The minimum Gasteiger partial charge on any atom is -0.493 e. The summed E-state index contributed by atoms with van der Waals surface area (Å²) >= 11 is 6.28. The quantitative estimate of drug-likeness (QED) is 0.715. The van der Waals surface area contributed by atoms with Gasteiger partial charge in [0.1, 0.15) is 0 Å². The Hall–Kier alpha value is -2.53. The summed E-state index contributed by atoms with van der Waals surface area (Å²) in [5, 5.41) is 0.637. The summed E-state index contributed by atoms with van der Waals surface area (Å²) in [5.41, 5.74) is 4.05. The number of aliphatic imine (C=N–C) groups is 1. The summed E-state index contributed by atoms with van der Waals surface area (Å²) in [6.45, 7) is 1.44. The fraction of sp³-hybridized carbons (Fsp3) is 0.333. The molecule has 0 heterocycles. The predicted octanol–water partition coefficient (Wildman–Crippen LogP) is 4.68. The molecule has 1 aliphatic carbocycles. The van der Waals surface area contributed by atoms with Crippen LogP contribution in [-0.2, 0) is 11.2 Å². The van der Waals surface area contributed by atoms with Crippen LogP contribution in [-0.4, -0.2) is 33.5 Å². The number of hydrogen-bond acceptors (Lipinski definition) is 4. The van der Waals surface area contributed by atoms with E-state index in [4.69, 9.17) is 25.8 Å². The Morgan fingerprint density at radius 1 is 1.15 bits per heavy atom. The van der Waals surface area contributed by atoms with Gasteiger partial charge in [0.2, 0.25) is 11.7 Å². The molecule has 0 N–H and O–H groups in total. The van der Waals surface area contributed by atoms with Crippen molar-refractivity contribution in [3.63, 3.8) is 0 Å². The second-order valence-corrected chi connectivity index (χ2v) is 6.79. The van der Waals surface area contributed by atoms with Crippen LogP contribution < -0.4 is 14.2 Å². The van der Waals surface area contributed by atoms with E-state index < -0.39 is 0 Å². The highest BCUT2D eigenvalue weighted by molar-refractivity contribution is 6.30. The molecule has 0 fully saturated rings. The first-order valence-corrected chi connectivity index (χ1v) is 9.04. The van der Waals surface area contributed by atoms with Gasteiger partial charge in [-0.25, -0.2) is 4.99 Å². The summed E-state index contributed by atoms with van der Waals surface area (Å²) in [7, 11) is 4.82. The fourth-order valence-corrected chi connectivity index (χ4v) is 3.76. The van der Waals surface area contributed by atoms with E-state index in [9.17, 15) is 4.79 Å². The molecule has 2 aromatic carbocycles. The topological polar surface area (TPSA) is 57.1 Å². The van der Waals surface area contributed by atoms with E-state index in [0.29, 0.717) is 22.3 Å². The Morgan fingerprint density at radius 3 is 2.52 bits per heavy atom. The molecule has 27 heavy (non-hydrogen) atoms. The van der Waals surface area contributed by atoms with Crippen LogP contribution in [0.3, 0.4) is 0 Å². The zero-order valence-corrected chi connectivity index (χ0v) is 16.6. The van der Waals surface area contributed by atoms with Crippen LogP contribution in [0.2, 0.25) is 5.02 Å². The molecule has 0 spiro atoms. The maximum Gasteiger partial charge on any atom is 0.242 e. The monoisotopic (exact) mass is 387 g/mol. The Kier molecular flexibility index (Phi) is 5.71. The molecule has 1 atom stereocenters. The number of carbonyl (C=O) groups excluding carboxylic acids is 1. The first kappa shape index (κ1) is 19.2. The Morgan fingerprint density at radius 2 is 1.89 bits per heavy atom. The van der Waals surface area contributed by atoms with Gasteiger partial charge in [0, 0.05) is 29.6 Å². The highest BCUT2D eigenvalue weighted by Gasteiger charge is 2.28. The third-order valence-corrected chi connectivity index (χ3v) is 4.99. The van der Waals surface area contributed by atoms with Crippen molar-refractivity contribution in [1.29, 1.82) is 0 Å². The molecule has 2 aromatic rings. The third kappa shape index (κ3) is 3.65. The minimum absolute atomic E-state index is 0.0308. The van der Waals surface area contributed by atoms with Crippen LogP contribution in [0.1, 0.15) is 30.4 Å². The molecule has 0 aromatic heterocycles. The first-order valence-electron chi connectivity index (χ1n) is 8.66. The molecule has 6 heteroatoms. The number of aryl methyl sites for hydroxylation is 1. The second kappa shape index (κ2) is 8.01. The summed E-state index contributed by atoms with van der Waals surface area (Å²) in [5.74, 6) is 1.55. The average Bonchev–Trinajstić information content (AvgIpc) is 2.81. The van der Waals surface area contributed by atoms with Crippen LogP contribution >= 0.6 is 11.6 Å². The molecule has 0 aliphatic heterocycles. The Labute approximate surface area is 163 Å². The summed E-state index contributed by atoms with van der Waals surface area (Å²) < 4.78 is 16.8. The number of benzene rings is 2. The van der Waals surface area contributed by atoms with E-state index >= 15 is 0 Å². The summed E-state index contributed by atoms with van der Waals surface area (Å²) in [6.07, 6.45) is 3.27. The second-order valence-electron chi connectivity index (χ2n) is 6.35. The number of amides is 1. The van der Waals surface area contributed by atoms with Gasteiger partial charge in [0.25, 0.3) is 0 Å². The largest absolute Gasteiger partial charge is 0.493 e. The van der Waals surface area contributed by atoms with Crippen LogP contribution in [0, 0.1) is 0 Å². The highest BCUT2D eigenvalue weighted by atomic mass is 35.5. The molecule has 1 aliphatic rings. The number of halogens is 1. The van der Waals surface area contributed by atoms with Gasteiger partial charge < -0.3 is 14.2 Å². The lowest BCUT2D eigenvalue weighted by Crippen LogP contribution is -2.03.